The second kappa shape index (κ2) is 8.53. The number of rotatable bonds is 5. The van der Waals surface area contributed by atoms with E-state index in [-0.39, 0.29) is 23.1 Å². The maximum Gasteiger partial charge on any atom is 0.253 e. The third-order valence-corrected chi connectivity index (χ3v) is 8.36. The minimum atomic E-state index is -0.153. The van der Waals surface area contributed by atoms with Gasteiger partial charge in [-0.15, -0.1) is 0 Å². The lowest BCUT2D eigenvalue weighted by Gasteiger charge is -2.55. The molecule has 5 fully saturated rings. The summed E-state index contributed by atoms with van der Waals surface area (Å²) in [6.45, 7) is 4.64. The van der Waals surface area contributed by atoms with Crippen molar-refractivity contribution in [3.05, 3.63) is 35.4 Å². The lowest BCUT2D eigenvalue weighted by molar-refractivity contribution is -0.146. The Labute approximate surface area is 190 Å². The molecule has 1 aromatic carbocycles. The normalized spacial score (nSPS) is 31.0. The molecule has 4 bridgehead atoms. The Bertz CT molecular complexity index is 851. The summed E-state index contributed by atoms with van der Waals surface area (Å²) in [7, 11) is 0. The molecule has 6 heteroatoms. The van der Waals surface area contributed by atoms with E-state index in [1.807, 2.05) is 41.0 Å². The van der Waals surface area contributed by atoms with Gasteiger partial charge in [0.2, 0.25) is 11.8 Å². The van der Waals surface area contributed by atoms with Crippen LogP contribution in [-0.2, 0) is 9.59 Å². The van der Waals surface area contributed by atoms with Crippen molar-refractivity contribution >= 4 is 17.7 Å². The molecule has 1 aromatic rings. The van der Waals surface area contributed by atoms with Crippen LogP contribution in [-0.4, -0.2) is 60.2 Å². The van der Waals surface area contributed by atoms with Crippen molar-refractivity contribution < 1.29 is 14.4 Å². The number of benzene rings is 1. The Morgan fingerprint density at radius 3 is 1.97 bits per heavy atom. The average molecular weight is 438 g/mol. The largest absolute Gasteiger partial charge is 0.355 e. The van der Waals surface area contributed by atoms with Crippen LogP contribution in [0.25, 0.3) is 0 Å². The topological polar surface area (TPSA) is 69.7 Å². The number of carbonyl (C=O) groups excluding carboxylic acids is 3. The third-order valence-electron chi connectivity index (χ3n) is 8.36. The van der Waals surface area contributed by atoms with E-state index in [1.165, 1.54) is 19.3 Å². The zero-order chi connectivity index (χ0) is 22.3. The lowest BCUT2D eigenvalue weighted by Crippen LogP contribution is -2.54. The number of amides is 3. The number of nitrogens with one attached hydrogen (secondary N) is 1. The van der Waals surface area contributed by atoms with Crippen molar-refractivity contribution in [1.29, 1.82) is 0 Å². The first-order chi connectivity index (χ1) is 15.4. The van der Waals surface area contributed by atoms with Crippen LogP contribution < -0.4 is 5.32 Å². The molecular formula is C26H35N3O3. The fourth-order valence-corrected chi connectivity index (χ4v) is 7.05. The zero-order valence-electron chi connectivity index (χ0n) is 19.1. The molecule has 1 aliphatic heterocycles. The van der Waals surface area contributed by atoms with Gasteiger partial charge < -0.3 is 15.1 Å². The highest BCUT2D eigenvalue weighted by atomic mass is 16.2. The Kier molecular flexibility index (Phi) is 5.72. The molecule has 0 unspecified atom stereocenters. The Balaban J connectivity index is 1.06. The van der Waals surface area contributed by atoms with Gasteiger partial charge in [-0.1, -0.05) is 17.7 Å². The van der Waals surface area contributed by atoms with Crippen LogP contribution >= 0.6 is 0 Å². The molecule has 6 nitrogen and oxygen atoms in total. The smallest absolute Gasteiger partial charge is 0.253 e. The van der Waals surface area contributed by atoms with Gasteiger partial charge in [0.1, 0.15) is 0 Å². The Morgan fingerprint density at radius 1 is 0.875 bits per heavy atom. The fraction of sp³-hybridized carbons (Fsp3) is 0.654. The van der Waals surface area contributed by atoms with E-state index in [9.17, 15) is 14.4 Å². The number of nitrogens with zero attached hydrogens (tertiary/aromatic N) is 2. The van der Waals surface area contributed by atoms with Crippen molar-refractivity contribution in [3.8, 4) is 0 Å². The summed E-state index contributed by atoms with van der Waals surface area (Å²) in [5, 5.41) is 3.11. The van der Waals surface area contributed by atoms with E-state index in [0.29, 0.717) is 44.7 Å². The van der Waals surface area contributed by atoms with Crippen LogP contribution in [0, 0.1) is 30.1 Å². The third kappa shape index (κ3) is 4.16. The molecule has 0 aromatic heterocycles. The van der Waals surface area contributed by atoms with Crippen molar-refractivity contribution in [2.24, 2.45) is 23.2 Å². The summed E-state index contributed by atoms with van der Waals surface area (Å²) in [5.74, 6) is 2.52. The maximum absolute atomic E-state index is 13.0. The monoisotopic (exact) mass is 437 g/mol. The minimum Gasteiger partial charge on any atom is -0.355 e. The highest BCUT2D eigenvalue weighted by Gasteiger charge is 2.54. The second-order valence-corrected chi connectivity index (χ2v) is 10.7. The quantitative estimate of drug-likeness (QED) is 0.770. The molecule has 1 N–H and O–H groups in total. The molecule has 5 aliphatic rings. The predicted molar refractivity (Wildman–Crippen MR) is 122 cm³/mol. The van der Waals surface area contributed by atoms with Gasteiger partial charge in [-0.25, -0.2) is 0 Å². The highest BCUT2D eigenvalue weighted by molar-refractivity contribution is 5.94. The van der Waals surface area contributed by atoms with Crippen LogP contribution in [0.1, 0.15) is 60.9 Å². The molecule has 1 saturated heterocycles. The van der Waals surface area contributed by atoms with Gasteiger partial charge in [0.05, 0.1) is 0 Å². The molecule has 0 atom stereocenters. The summed E-state index contributed by atoms with van der Waals surface area (Å²) in [6, 6.07) is 7.62. The summed E-state index contributed by atoms with van der Waals surface area (Å²) in [4.78, 5) is 42.1. The van der Waals surface area contributed by atoms with Crippen LogP contribution in [0.4, 0.5) is 0 Å². The number of piperazine rings is 1. The van der Waals surface area contributed by atoms with Crippen LogP contribution in [0.2, 0.25) is 0 Å². The number of carbonyl (C=O) groups is 3. The Morgan fingerprint density at radius 2 is 1.41 bits per heavy atom. The van der Waals surface area contributed by atoms with Crippen molar-refractivity contribution in [2.75, 3.05) is 32.7 Å². The SMILES string of the molecule is Cc1ccc(C(=O)N2CCN(C(=O)CCNC(=O)C34CC5CC(CC(C5)C3)C4)CC2)cc1. The molecule has 32 heavy (non-hydrogen) atoms. The maximum atomic E-state index is 13.0. The summed E-state index contributed by atoms with van der Waals surface area (Å²) in [6.07, 6.45) is 7.46. The molecule has 3 amide bonds. The van der Waals surface area contributed by atoms with E-state index in [1.54, 1.807) is 0 Å². The first-order valence-corrected chi connectivity index (χ1v) is 12.3. The standard InChI is InChI=1S/C26H35N3O3/c1-18-2-4-22(5-3-18)24(31)29-10-8-28(9-11-29)23(30)6-7-27-25(32)26-15-19-12-20(16-26)14-21(13-19)17-26/h2-5,19-21H,6-17H2,1H3,(H,27,32). The predicted octanol–water partition coefficient (Wildman–Crippen LogP) is 3.00. The van der Waals surface area contributed by atoms with E-state index >= 15 is 0 Å². The molecule has 6 rings (SSSR count). The van der Waals surface area contributed by atoms with Gasteiger partial charge in [0.15, 0.2) is 0 Å². The summed E-state index contributed by atoms with van der Waals surface area (Å²) >= 11 is 0. The van der Waals surface area contributed by atoms with Gasteiger partial charge >= 0.3 is 0 Å². The molecule has 4 aliphatic carbocycles. The Hall–Kier alpha value is -2.37. The van der Waals surface area contributed by atoms with Gasteiger partial charge in [-0.3, -0.25) is 14.4 Å². The number of hydrogen-bond acceptors (Lipinski definition) is 3. The van der Waals surface area contributed by atoms with Gasteiger partial charge in [0, 0.05) is 50.1 Å². The van der Waals surface area contributed by atoms with E-state index < -0.39 is 0 Å². The molecule has 4 saturated carbocycles. The molecule has 172 valence electrons. The van der Waals surface area contributed by atoms with E-state index in [0.717, 1.165) is 42.6 Å². The van der Waals surface area contributed by atoms with Gasteiger partial charge in [0.25, 0.3) is 5.91 Å². The van der Waals surface area contributed by atoms with Crippen LogP contribution in [0.15, 0.2) is 24.3 Å². The average Bonchev–Trinajstić information content (AvgIpc) is 2.78. The molecule has 0 spiro atoms. The first-order valence-electron chi connectivity index (χ1n) is 12.3. The van der Waals surface area contributed by atoms with Crippen LogP contribution in [0.3, 0.4) is 0 Å². The summed E-state index contributed by atoms with van der Waals surface area (Å²) in [5.41, 5.74) is 1.68. The minimum absolute atomic E-state index is 0.0277. The second-order valence-electron chi connectivity index (χ2n) is 10.7. The number of aryl methyl sites for hydroxylation is 1. The zero-order valence-corrected chi connectivity index (χ0v) is 19.1. The summed E-state index contributed by atoms with van der Waals surface area (Å²) < 4.78 is 0. The van der Waals surface area contributed by atoms with Crippen molar-refractivity contribution in [2.45, 2.75) is 51.9 Å². The highest BCUT2D eigenvalue weighted by Crippen LogP contribution is 2.60. The fourth-order valence-electron chi connectivity index (χ4n) is 7.05. The van der Waals surface area contributed by atoms with E-state index in [4.69, 9.17) is 0 Å². The van der Waals surface area contributed by atoms with Crippen molar-refractivity contribution in [3.63, 3.8) is 0 Å². The molecule has 0 radical (unpaired) electrons. The number of hydrogen-bond donors (Lipinski definition) is 1. The van der Waals surface area contributed by atoms with Gasteiger partial charge in [-0.2, -0.15) is 0 Å². The van der Waals surface area contributed by atoms with Crippen LogP contribution in [0.5, 0.6) is 0 Å². The molecular weight excluding hydrogens is 402 g/mol. The van der Waals surface area contributed by atoms with E-state index in [2.05, 4.69) is 5.32 Å². The first kappa shape index (κ1) is 21.5. The molecule has 1 heterocycles. The lowest BCUT2D eigenvalue weighted by atomic mass is 9.49. The van der Waals surface area contributed by atoms with Gasteiger partial charge in [-0.05, 0) is 75.3 Å². The van der Waals surface area contributed by atoms with Crippen molar-refractivity contribution in [1.82, 2.24) is 15.1 Å².